The Morgan fingerprint density at radius 2 is 1.95 bits per heavy atom. The molecule has 0 fully saturated rings. The van der Waals surface area contributed by atoms with Crippen LogP contribution < -0.4 is 5.73 Å². The number of nitrogens with zero attached hydrogens (tertiary/aromatic N) is 2. The molecule has 0 saturated heterocycles. The van der Waals surface area contributed by atoms with Crippen molar-refractivity contribution in [2.24, 2.45) is 12.8 Å². The molecule has 100 valence electrons. The molecular weight excluding hydrogens is 238 g/mol. The van der Waals surface area contributed by atoms with E-state index < -0.39 is 0 Å². The molecule has 1 aromatic carbocycles. The maximum absolute atomic E-state index is 12.5. The molecule has 0 aliphatic heterocycles. The summed E-state index contributed by atoms with van der Waals surface area (Å²) in [5.41, 5.74) is 7.41. The van der Waals surface area contributed by atoms with Gasteiger partial charge in [0.15, 0.2) is 0 Å². The van der Waals surface area contributed by atoms with Crippen LogP contribution in [0.3, 0.4) is 0 Å². The van der Waals surface area contributed by atoms with Crippen molar-refractivity contribution in [3.8, 4) is 0 Å². The van der Waals surface area contributed by atoms with E-state index in [0.29, 0.717) is 25.3 Å². The van der Waals surface area contributed by atoms with E-state index >= 15 is 0 Å². The maximum atomic E-state index is 12.5. The van der Waals surface area contributed by atoms with Gasteiger partial charge in [0.25, 0.3) is 5.91 Å². The van der Waals surface area contributed by atoms with Gasteiger partial charge in [-0.1, -0.05) is 30.3 Å². The predicted molar refractivity (Wildman–Crippen MR) is 75.6 cm³/mol. The second-order valence-electron chi connectivity index (χ2n) is 4.51. The number of aryl methyl sites for hydroxylation is 1. The Morgan fingerprint density at radius 1 is 1.21 bits per heavy atom. The number of amides is 1. The van der Waals surface area contributed by atoms with Crippen molar-refractivity contribution >= 4 is 5.91 Å². The van der Waals surface area contributed by atoms with Crippen LogP contribution in [0.2, 0.25) is 0 Å². The summed E-state index contributed by atoms with van der Waals surface area (Å²) in [6, 6.07) is 13.7. The van der Waals surface area contributed by atoms with Gasteiger partial charge in [-0.3, -0.25) is 4.79 Å². The van der Waals surface area contributed by atoms with Gasteiger partial charge in [0.05, 0.1) is 0 Å². The molecule has 0 aliphatic carbocycles. The van der Waals surface area contributed by atoms with E-state index in [9.17, 15) is 4.79 Å². The first-order valence-corrected chi connectivity index (χ1v) is 6.37. The highest BCUT2D eigenvalue weighted by Gasteiger charge is 2.17. The molecule has 0 unspecified atom stereocenters. The second kappa shape index (κ2) is 6.20. The third-order valence-corrected chi connectivity index (χ3v) is 3.07. The van der Waals surface area contributed by atoms with Crippen LogP contribution in [0, 0.1) is 0 Å². The topological polar surface area (TPSA) is 51.3 Å². The fourth-order valence-electron chi connectivity index (χ4n) is 2.06. The second-order valence-corrected chi connectivity index (χ2v) is 4.51. The van der Waals surface area contributed by atoms with Gasteiger partial charge < -0.3 is 15.2 Å². The Balaban J connectivity index is 2.16. The van der Waals surface area contributed by atoms with E-state index in [-0.39, 0.29) is 5.91 Å². The highest BCUT2D eigenvalue weighted by atomic mass is 16.2. The summed E-state index contributed by atoms with van der Waals surface area (Å²) in [6.07, 6.45) is 1.87. The van der Waals surface area contributed by atoms with Crippen molar-refractivity contribution in [1.82, 2.24) is 9.47 Å². The van der Waals surface area contributed by atoms with Crippen LogP contribution in [0.15, 0.2) is 48.7 Å². The molecule has 1 amide bonds. The molecule has 0 saturated carbocycles. The number of hydrogen-bond donors (Lipinski definition) is 1. The molecule has 4 heteroatoms. The van der Waals surface area contributed by atoms with Crippen molar-refractivity contribution in [3.05, 3.63) is 59.9 Å². The molecular formula is C15H19N3O. The zero-order chi connectivity index (χ0) is 13.7. The van der Waals surface area contributed by atoms with E-state index in [0.717, 1.165) is 5.56 Å². The lowest BCUT2D eigenvalue weighted by atomic mass is 10.2. The normalized spacial score (nSPS) is 10.4. The van der Waals surface area contributed by atoms with Crippen LogP contribution in [0.4, 0.5) is 0 Å². The van der Waals surface area contributed by atoms with Crippen molar-refractivity contribution in [2.75, 3.05) is 13.1 Å². The summed E-state index contributed by atoms with van der Waals surface area (Å²) in [5, 5.41) is 0. The van der Waals surface area contributed by atoms with Gasteiger partial charge >= 0.3 is 0 Å². The third kappa shape index (κ3) is 3.23. The average Bonchev–Trinajstić information content (AvgIpc) is 2.85. The smallest absolute Gasteiger partial charge is 0.270 e. The Labute approximate surface area is 113 Å². The summed E-state index contributed by atoms with van der Waals surface area (Å²) < 4.78 is 1.83. The van der Waals surface area contributed by atoms with Crippen molar-refractivity contribution in [1.29, 1.82) is 0 Å². The molecule has 1 aromatic heterocycles. The van der Waals surface area contributed by atoms with Gasteiger partial charge in [-0.05, 0) is 17.7 Å². The number of rotatable bonds is 5. The fraction of sp³-hybridized carbons (Fsp3) is 0.267. The zero-order valence-electron chi connectivity index (χ0n) is 11.1. The van der Waals surface area contributed by atoms with Crippen molar-refractivity contribution in [2.45, 2.75) is 6.54 Å². The van der Waals surface area contributed by atoms with E-state index in [1.807, 2.05) is 60.3 Å². The Kier molecular flexibility index (Phi) is 4.36. The molecule has 0 radical (unpaired) electrons. The number of nitrogens with two attached hydrogens (primary N) is 1. The number of hydrogen-bond acceptors (Lipinski definition) is 2. The summed E-state index contributed by atoms with van der Waals surface area (Å²) in [5.74, 6) is 0.0156. The molecule has 0 spiro atoms. The monoisotopic (exact) mass is 257 g/mol. The summed E-state index contributed by atoms with van der Waals surface area (Å²) in [4.78, 5) is 14.3. The third-order valence-electron chi connectivity index (χ3n) is 3.07. The highest BCUT2D eigenvalue weighted by Crippen LogP contribution is 2.10. The predicted octanol–water partition coefficient (Wildman–Crippen LogP) is 1.63. The minimum atomic E-state index is 0.0156. The first kappa shape index (κ1) is 13.4. The van der Waals surface area contributed by atoms with Crippen LogP contribution >= 0.6 is 0 Å². The Hall–Kier alpha value is -2.07. The van der Waals surface area contributed by atoms with E-state index in [1.165, 1.54) is 0 Å². The molecule has 2 rings (SSSR count). The first-order valence-electron chi connectivity index (χ1n) is 6.37. The SMILES string of the molecule is Cn1cccc1C(=O)N(CCN)Cc1ccccc1. The maximum Gasteiger partial charge on any atom is 0.270 e. The van der Waals surface area contributed by atoms with Gasteiger partial charge in [-0.15, -0.1) is 0 Å². The van der Waals surface area contributed by atoms with Crippen LogP contribution in [-0.4, -0.2) is 28.5 Å². The molecule has 1 heterocycles. The van der Waals surface area contributed by atoms with Crippen molar-refractivity contribution < 1.29 is 4.79 Å². The highest BCUT2D eigenvalue weighted by molar-refractivity contribution is 5.92. The minimum Gasteiger partial charge on any atom is -0.347 e. The molecule has 2 N–H and O–H groups in total. The van der Waals surface area contributed by atoms with Crippen LogP contribution in [0.5, 0.6) is 0 Å². The number of carbonyl (C=O) groups excluding carboxylic acids is 1. The number of aromatic nitrogens is 1. The fourth-order valence-corrected chi connectivity index (χ4v) is 2.06. The number of carbonyl (C=O) groups is 1. The van der Waals surface area contributed by atoms with E-state index in [2.05, 4.69) is 0 Å². The summed E-state index contributed by atoms with van der Waals surface area (Å²) in [6.45, 7) is 1.60. The number of benzene rings is 1. The van der Waals surface area contributed by atoms with Crippen molar-refractivity contribution in [3.63, 3.8) is 0 Å². The zero-order valence-corrected chi connectivity index (χ0v) is 11.1. The van der Waals surface area contributed by atoms with Gasteiger partial charge in [0.2, 0.25) is 0 Å². The molecule has 19 heavy (non-hydrogen) atoms. The lowest BCUT2D eigenvalue weighted by Gasteiger charge is -2.22. The van der Waals surface area contributed by atoms with E-state index in [4.69, 9.17) is 5.73 Å². The van der Waals surface area contributed by atoms with Gasteiger partial charge in [0, 0.05) is 32.9 Å². The lowest BCUT2D eigenvalue weighted by molar-refractivity contribution is 0.0738. The van der Waals surface area contributed by atoms with E-state index in [1.54, 1.807) is 4.90 Å². The Morgan fingerprint density at radius 3 is 2.53 bits per heavy atom. The molecule has 0 aliphatic rings. The summed E-state index contributed by atoms with van der Waals surface area (Å²) in [7, 11) is 1.87. The molecule has 0 atom stereocenters. The van der Waals surface area contributed by atoms with Crippen LogP contribution in [0.1, 0.15) is 16.1 Å². The van der Waals surface area contributed by atoms with Crippen LogP contribution in [0.25, 0.3) is 0 Å². The Bertz CT molecular complexity index is 533. The standard InChI is InChI=1S/C15H19N3O/c1-17-10-5-8-14(17)15(19)18(11-9-16)12-13-6-3-2-4-7-13/h2-8,10H,9,11-12,16H2,1H3. The largest absolute Gasteiger partial charge is 0.347 e. The first-order chi connectivity index (χ1) is 9.22. The molecule has 4 nitrogen and oxygen atoms in total. The van der Waals surface area contributed by atoms with Crippen LogP contribution in [-0.2, 0) is 13.6 Å². The lowest BCUT2D eigenvalue weighted by Crippen LogP contribution is -2.35. The van der Waals surface area contributed by atoms with Gasteiger partial charge in [-0.25, -0.2) is 0 Å². The van der Waals surface area contributed by atoms with Gasteiger partial charge in [-0.2, -0.15) is 0 Å². The minimum absolute atomic E-state index is 0.0156. The average molecular weight is 257 g/mol. The van der Waals surface area contributed by atoms with Gasteiger partial charge in [0.1, 0.15) is 5.69 Å². The molecule has 0 bridgehead atoms. The quantitative estimate of drug-likeness (QED) is 0.885. The molecule has 2 aromatic rings. The summed E-state index contributed by atoms with van der Waals surface area (Å²) >= 11 is 0.